The summed E-state index contributed by atoms with van der Waals surface area (Å²) in [5, 5.41) is 3.40. The Morgan fingerprint density at radius 2 is 2.33 bits per heavy atom. The number of benzene rings is 1. The molecule has 1 nitrogen and oxygen atoms in total. The summed E-state index contributed by atoms with van der Waals surface area (Å²) in [5.41, 5.74) is 4.05. The minimum absolute atomic E-state index is 0.411. The zero-order chi connectivity index (χ0) is 13.0. The van der Waals surface area contributed by atoms with Crippen LogP contribution in [-0.2, 0) is 6.42 Å². The third-order valence-corrected chi connectivity index (χ3v) is 4.78. The Morgan fingerprint density at radius 3 is 3.06 bits per heavy atom. The second-order valence-corrected chi connectivity index (χ2v) is 6.07. The SMILES string of the molecule is C=C(c1ccc2c(c1)SCC2)C(CCCC)NC. The predicted molar refractivity (Wildman–Crippen MR) is 82.3 cm³/mol. The third-order valence-electron chi connectivity index (χ3n) is 3.68. The summed E-state index contributed by atoms with van der Waals surface area (Å²) in [7, 11) is 2.04. The number of thioether (sulfide) groups is 1. The van der Waals surface area contributed by atoms with Crippen molar-refractivity contribution in [3.05, 3.63) is 35.9 Å². The number of nitrogens with one attached hydrogen (secondary N) is 1. The van der Waals surface area contributed by atoms with Gasteiger partial charge in [0.05, 0.1) is 0 Å². The van der Waals surface area contributed by atoms with Crippen LogP contribution in [0.2, 0.25) is 0 Å². The Hall–Kier alpha value is -0.730. The number of unbranched alkanes of at least 4 members (excludes halogenated alkanes) is 1. The van der Waals surface area contributed by atoms with Gasteiger partial charge >= 0.3 is 0 Å². The largest absolute Gasteiger partial charge is 0.313 e. The van der Waals surface area contributed by atoms with Crippen LogP contribution in [0.5, 0.6) is 0 Å². The fraction of sp³-hybridized carbons (Fsp3) is 0.500. The van der Waals surface area contributed by atoms with Gasteiger partial charge in [-0.25, -0.2) is 0 Å². The molecule has 0 aliphatic carbocycles. The van der Waals surface area contributed by atoms with E-state index in [0.29, 0.717) is 6.04 Å². The normalized spacial score (nSPS) is 15.4. The smallest absolute Gasteiger partial charge is 0.0317 e. The minimum atomic E-state index is 0.411. The monoisotopic (exact) mass is 261 g/mol. The average Bonchev–Trinajstić information content (AvgIpc) is 2.86. The highest BCUT2D eigenvalue weighted by Crippen LogP contribution is 2.34. The minimum Gasteiger partial charge on any atom is -0.313 e. The molecule has 98 valence electrons. The molecule has 1 unspecified atom stereocenters. The van der Waals surface area contributed by atoms with Gasteiger partial charge in [-0.3, -0.25) is 0 Å². The van der Waals surface area contributed by atoms with Crippen molar-refractivity contribution in [2.24, 2.45) is 0 Å². The molecule has 0 radical (unpaired) electrons. The van der Waals surface area contributed by atoms with E-state index >= 15 is 0 Å². The fourth-order valence-corrected chi connectivity index (χ4v) is 3.58. The molecular formula is C16H23NS. The Bertz CT molecular complexity index is 425. The van der Waals surface area contributed by atoms with Crippen LogP contribution in [0.25, 0.3) is 5.57 Å². The molecule has 2 rings (SSSR count). The summed E-state index contributed by atoms with van der Waals surface area (Å²) in [6.45, 7) is 6.54. The lowest BCUT2D eigenvalue weighted by atomic mass is 9.95. The third kappa shape index (κ3) is 2.99. The molecule has 0 saturated carbocycles. The molecule has 0 aromatic heterocycles. The van der Waals surface area contributed by atoms with E-state index in [9.17, 15) is 0 Å². The van der Waals surface area contributed by atoms with Gasteiger partial charge in [-0.15, -0.1) is 11.8 Å². The summed E-state index contributed by atoms with van der Waals surface area (Å²) in [5.74, 6) is 1.23. The molecule has 1 aromatic carbocycles. The van der Waals surface area contributed by atoms with Crippen molar-refractivity contribution in [3.63, 3.8) is 0 Å². The molecule has 2 heteroatoms. The highest BCUT2D eigenvalue weighted by atomic mass is 32.2. The van der Waals surface area contributed by atoms with Crippen LogP contribution >= 0.6 is 11.8 Å². The molecule has 1 heterocycles. The number of rotatable bonds is 6. The van der Waals surface area contributed by atoms with E-state index in [4.69, 9.17) is 0 Å². The first kappa shape index (κ1) is 13.7. The van der Waals surface area contributed by atoms with E-state index in [-0.39, 0.29) is 0 Å². The molecule has 0 spiro atoms. The zero-order valence-electron chi connectivity index (χ0n) is 11.5. The first-order valence-corrected chi connectivity index (χ1v) is 7.87. The van der Waals surface area contributed by atoms with Crippen molar-refractivity contribution in [1.82, 2.24) is 5.32 Å². The van der Waals surface area contributed by atoms with Gasteiger partial charge in [0.1, 0.15) is 0 Å². The molecule has 1 N–H and O–H groups in total. The van der Waals surface area contributed by atoms with Crippen LogP contribution < -0.4 is 5.32 Å². The molecule has 0 bridgehead atoms. The van der Waals surface area contributed by atoms with E-state index in [2.05, 4.69) is 37.0 Å². The van der Waals surface area contributed by atoms with Crippen LogP contribution in [0.15, 0.2) is 29.7 Å². The van der Waals surface area contributed by atoms with Crippen LogP contribution in [0.3, 0.4) is 0 Å². The van der Waals surface area contributed by atoms with Crippen molar-refractivity contribution in [3.8, 4) is 0 Å². The van der Waals surface area contributed by atoms with E-state index in [1.165, 1.54) is 53.0 Å². The lowest BCUT2D eigenvalue weighted by Crippen LogP contribution is -2.26. The van der Waals surface area contributed by atoms with Crippen molar-refractivity contribution in [2.75, 3.05) is 12.8 Å². The molecule has 0 fully saturated rings. The van der Waals surface area contributed by atoms with Crippen LogP contribution in [0, 0.1) is 0 Å². The first-order valence-electron chi connectivity index (χ1n) is 6.88. The van der Waals surface area contributed by atoms with Crippen molar-refractivity contribution in [2.45, 2.75) is 43.5 Å². The van der Waals surface area contributed by atoms with Crippen molar-refractivity contribution < 1.29 is 0 Å². The molecule has 1 aliphatic rings. The van der Waals surface area contributed by atoms with Gasteiger partial charge in [0, 0.05) is 16.7 Å². The molecule has 18 heavy (non-hydrogen) atoms. The quantitative estimate of drug-likeness (QED) is 0.826. The number of aryl methyl sites for hydroxylation is 1. The van der Waals surface area contributed by atoms with Gasteiger partial charge < -0.3 is 5.32 Å². The maximum absolute atomic E-state index is 4.30. The highest BCUT2D eigenvalue weighted by Gasteiger charge is 2.16. The van der Waals surface area contributed by atoms with Gasteiger partial charge in [-0.2, -0.15) is 0 Å². The van der Waals surface area contributed by atoms with Gasteiger partial charge in [-0.05, 0) is 42.7 Å². The molecule has 0 saturated heterocycles. The van der Waals surface area contributed by atoms with E-state index < -0.39 is 0 Å². The summed E-state index contributed by atoms with van der Waals surface area (Å²) in [6, 6.07) is 7.26. The lowest BCUT2D eigenvalue weighted by molar-refractivity contribution is 0.591. The summed E-state index contributed by atoms with van der Waals surface area (Å²) in [6.07, 6.45) is 4.89. The molecule has 1 atom stereocenters. The predicted octanol–water partition coefficient (Wildman–Crippen LogP) is 4.13. The summed E-state index contributed by atoms with van der Waals surface area (Å²) in [4.78, 5) is 1.46. The maximum Gasteiger partial charge on any atom is 0.0317 e. The summed E-state index contributed by atoms with van der Waals surface area (Å²) < 4.78 is 0. The van der Waals surface area contributed by atoms with Gasteiger partial charge in [0.25, 0.3) is 0 Å². The number of hydrogen-bond acceptors (Lipinski definition) is 2. The van der Waals surface area contributed by atoms with E-state index in [1.54, 1.807) is 0 Å². The Balaban J connectivity index is 2.12. The second kappa shape index (κ2) is 6.44. The Kier molecular flexibility index (Phi) is 4.90. The van der Waals surface area contributed by atoms with E-state index in [1.807, 2.05) is 18.8 Å². The molecular weight excluding hydrogens is 238 g/mol. The standard InChI is InChI=1S/C16H23NS/c1-4-5-6-15(17-3)12(2)14-8-7-13-9-10-18-16(13)11-14/h7-8,11,15,17H,2,4-6,9-10H2,1,3H3. The fourth-order valence-electron chi connectivity index (χ4n) is 2.47. The maximum atomic E-state index is 4.30. The molecule has 0 amide bonds. The molecule has 1 aromatic rings. The average molecular weight is 261 g/mol. The Labute approximate surface area is 115 Å². The number of fused-ring (bicyclic) bond motifs is 1. The van der Waals surface area contributed by atoms with Crippen molar-refractivity contribution >= 4 is 17.3 Å². The first-order chi connectivity index (χ1) is 8.76. The number of likely N-dealkylation sites (N-methyl/N-ethyl adjacent to an activating group) is 1. The van der Waals surface area contributed by atoms with E-state index in [0.717, 1.165) is 0 Å². The summed E-state index contributed by atoms with van der Waals surface area (Å²) >= 11 is 1.98. The van der Waals surface area contributed by atoms with Crippen LogP contribution in [0.4, 0.5) is 0 Å². The highest BCUT2D eigenvalue weighted by molar-refractivity contribution is 7.99. The second-order valence-electron chi connectivity index (χ2n) is 4.93. The van der Waals surface area contributed by atoms with Gasteiger partial charge in [0.15, 0.2) is 0 Å². The van der Waals surface area contributed by atoms with Crippen LogP contribution in [-0.4, -0.2) is 18.8 Å². The Morgan fingerprint density at radius 1 is 1.50 bits per heavy atom. The number of hydrogen-bond donors (Lipinski definition) is 1. The van der Waals surface area contributed by atoms with Gasteiger partial charge in [-0.1, -0.05) is 38.5 Å². The topological polar surface area (TPSA) is 12.0 Å². The zero-order valence-corrected chi connectivity index (χ0v) is 12.3. The van der Waals surface area contributed by atoms with Gasteiger partial charge in [0.2, 0.25) is 0 Å². The molecule has 1 aliphatic heterocycles. The van der Waals surface area contributed by atoms with Crippen LogP contribution in [0.1, 0.15) is 37.3 Å². The van der Waals surface area contributed by atoms with Crippen molar-refractivity contribution in [1.29, 1.82) is 0 Å². The lowest BCUT2D eigenvalue weighted by Gasteiger charge is -2.19.